The van der Waals surface area contributed by atoms with E-state index in [1.54, 1.807) is 36.6 Å². The fourth-order valence-electron chi connectivity index (χ4n) is 3.12. The summed E-state index contributed by atoms with van der Waals surface area (Å²) in [4.78, 5) is 14.4. The Morgan fingerprint density at radius 3 is 2.85 bits per heavy atom. The van der Waals surface area contributed by atoms with E-state index in [9.17, 15) is 4.79 Å². The Morgan fingerprint density at radius 1 is 1.26 bits per heavy atom. The van der Waals surface area contributed by atoms with Gasteiger partial charge in [-0.1, -0.05) is 18.7 Å². The van der Waals surface area contributed by atoms with Crippen LogP contribution in [0.15, 0.2) is 49.2 Å². The maximum absolute atomic E-state index is 11.1. The summed E-state index contributed by atoms with van der Waals surface area (Å²) in [5.41, 5.74) is 8.71. The normalized spacial score (nSPS) is 10.9. The molecule has 0 unspecified atom stereocenters. The molecular weight excluding hydrogens is 360 g/mol. The number of hydrogen-bond acceptors (Lipinski definition) is 4. The monoisotopic (exact) mass is 378 g/mol. The lowest BCUT2D eigenvalue weighted by molar-refractivity contribution is 0.259. The number of carbonyl (C=O) groups is 1. The minimum absolute atomic E-state index is 0.592. The first-order chi connectivity index (χ1) is 13.1. The van der Waals surface area contributed by atoms with Crippen LogP contribution in [0.4, 0.5) is 21.2 Å². The molecule has 0 aliphatic carbocycles. The predicted molar refractivity (Wildman–Crippen MR) is 113 cm³/mol. The van der Waals surface area contributed by atoms with Crippen molar-refractivity contribution in [3.8, 4) is 5.75 Å². The molecule has 6 nitrogen and oxygen atoms in total. The van der Waals surface area contributed by atoms with E-state index in [4.69, 9.17) is 10.5 Å². The van der Waals surface area contributed by atoms with E-state index in [-0.39, 0.29) is 0 Å². The van der Waals surface area contributed by atoms with Crippen molar-refractivity contribution in [3.05, 3.63) is 54.7 Å². The lowest BCUT2D eigenvalue weighted by atomic mass is 10.1. The van der Waals surface area contributed by atoms with Crippen molar-refractivity contribution in [2.45, 2.75) is 0 Å². The van der Waals surface area contributed by atoms with E-state index in [0.717, 1.165) is 37.2 Å². The molecule has 0 radical (unpaired) electrons. The highest BCUT2D eigenvalue weighted by Crippen LogP contribution is 2.39. The molecule has 4 rings (SSSR count). The Morgan fingerprint density at radius 2 is 2.11 bits per heavy atom. The number of benzene rings is 2. The van der Waals surface area contributed by atoms with Gasteiger partial charge in [-0.05, 0) is 35.9 Å². The highest BCUT2D eigenvalue weighted by molar-refractivity contribution is 7.23. The Hall–Kier alpha value is -3.45. The quantitative estimate of drug-likeness (QED) is 0.381. The van der Waals surface area contributed by atoms with Crippen LogP contribution in [0.3, 0.4) is 0 Å². The molecule has 136 valence electrons. The molecule has 0 aliphatic rings. The van der Waals surface area contributed by atoms with Gasteiger partial charge in [0.2, 0.25) is 0 Å². The Bertz CT molecular complexity index is 1180. The average Bonchev–Trinajstić information content (AvgIpc) is 3.24. The zero-order valence-electron chi connectivity index (χ0n) is 14.6. The van der Waals surface area contributed by atoms with Gasteiger partial charge in [-0.3, -0.25) is 0 Å². The van der Waals surface area contributed by atoms with Gasteiger partial charge in [0, 0.05) is 27.4 Å². The Balaban J connectivity index is 1.75. The van der Waals surface area contributed by atoms with E-state index in [2.05, 4.69) is 40.4 Å². The lowest BCUT2D eigenvalue weighted by Gasteiger charge is -2.11. The summed E-state index contributed by atoms with van der Waals surface area (Å²) in [5, 5.41) is 9.20. The van der Waals surface area contributed by atoms with Gasteiger partial charge >= 0.3 is 6.03 Å². The number of primary amides is 1. The molecule has 0 saturated carbocycles. The van der Waals surface area contributed by atoms with E-state index in [0.29, 0.717) is 11.4 Å². The third kappa shape index (κ3) is 3.09. The first kappa shape index (κ1) is 17.0. The molecule has 2 heterocycles. The van der Waals surface area contributed by atoms with Gasteiger partial charge < -0.3 is 26.1 Å². The van der Waals surface area contributed by atoms with E-state index in [1.165, 1.54) is 0 Å². The molecule has 0 aliphatic heterocycles. The Kier molecular flexibility index (Phi) is 4.21. The standard InChI is InChI=1S/C20H18N4O2S/c1-3-11-10-22-19-13(11)5-7-17-14(19)9-18(27-17)24-15-8-12(23-20(21)25)4-6-16(15)26-2/h3-10,22,24H,1H2,2H3,(H3,21,23,25). The maximum atomic E-state index is 11.1. The third-order valence-corrected chi connectivity index (χ3v) is 5.34. The summed E-state index contributed by atoms with van der Waals surface area (Å²) < 4.78 is 6.58. The van der Waals surface area contributed by atoms with Crippen LogP contribution in [-0.2, 0) is 0 Å². The topological polar surface area (TPSA) is 92.2 Å². The number of methoxy groups -OCH3 is 1. The first-order valence-corrected chi connectivity index (χ1v) is 9.08. The highest BCUT2D eigenvalue weighted by Gasteiger charge is 2.11. The minimum Gasteiger partial charge on any atom is -0.495 e. The largest absolute Gasteiger partial charge is 0.495 e. The third-order valence-electron chi connectivity index (χ3n) is 4.33. The average molecular weight is 378 g/mol. The molecule has 7 heteroatoms. The van der Waals surface area contributed by atoms with Crippen LogP contribution in [0.5, 0.6) is 5.75 Å². The molecule has 0 saturated heterocycles. The zero-order valence-corrected chi connectivity index (χ0v) is 15.4. The van der Waals surface area contributed by atoms with Gasteiger partial charge in [-0.15, -0.1) is 11.3 Å². The van der Waals surface area contributed by atoms with Crippen LogP contribution in [0.25, 0.3) is 27.1 Å². The number of nitrogens with two attached hydrogens (primary N) is 1. The lowest BCUT2D eigenvalue weighted by Crippen LogP contribution is -2.19. The molecular formula is C20H18N4O2S. The summed E-state index contributed by atoms with van der Waals surface area (Å²) in [6.45, 7) is 3.86. The molecule has 27 heavy (non-hydrogen) atoms. The zero-order chi connectivity index (χ0) is 19.0. The van der Waals surface area contributed by atoms with Crippen molar-refractivity contribution < 1.29 is 9.53 Å². The van der Waals surface area contributed by atoms with Crippen LogP contribution in [-0.4, -0.2) is 18.1 Å². The maximum Gasteiger partial charge on any atom is 0.316 e. The smallest absolute Gasteiger partial charge is 0.316 e. The first-order valence-electron chi connectivity index (χ1n) is 8.26. The number of hydrogen-bond donors (Lipinski definition) is 4. The second-order valence-electron chi connectivity index (χ2n) is 5.99. The summed E-state index contributed by atoms with van der Waals surface area (Å²) in [7, 11) is 1.60. The number of carbonyl (C=O) groups excluding carboxylic acids is 1. The van der Waals surface area contributed by atoms with Crippen LogP contribution < -0.4 is 21.1 Å². The number of thiophene rings is 1. The van der Waals surface area contributed by atoms with Crippen molar-refractivity contribution >= 4 is 60.8 Å². The van der Waals surface area contributed by atoms with Crippen molar-refractivity contribution in [1.29, 1.82) is 0 Å². The van der Waals surface area contributed by atoms with Gasteiger partial charge in [0.05, 0.1) is 23.3 Å². The molecule has 2 aromatic heterocycles. The summed E-state index contributed by atoms with van der Waals surface area (Å²) >= 11 is 1.64. The van der Waals surface area contributed by atoms with Crippen LogP contribution in [0.2, 0.25) is 0 Å². The number of ether oxygens (including phenoxy) is 1. The second kappa shape index (κ2) is 6.69. The number of urea groups is 1. The van der Waals surface area contributed by atoms with Crippen molar-refractivity contribution in [3.63, 3.8) is 0 Å². The number of fused-ring (bicyclic) bond motifs is 3. The van der Waals surface area contributed by atoms with Crippen LogP contribution in [0.1, 0.15) is 5.56 Å². The highest BCUT2D eigenvalue weighted by atomic mass is 32.1. The molecule has 0 spiro atoms. The van der Waals surface area contributed by atoms with Crippen molar-refractivity contribution in [1.82, 2.24) is 4.98 Å². The van der Waals surface area contributed by atoms with Crippen molar-refractivity contribution in [2.24, 2.45) is 5.73 Å². The number of aromatic nitrogens is 1. The van der Waals surface area contributed by atoms with Gasteiger partial charge in [0.25, 0.3) is 0 Å². The summed E-state index contributed by atoms with van der Waals surface area (Å²) in [6, 6.07) is 11.0. The number of H-pyrrole nitrogens is 1. The molecule has 2 amide bonds. The molecule has 4 aromatic rings. The summed E-state index contributed by atoms with van der Waals surface area (Å²) in [6.07, 6.45) is 3.81. The number of anilines is 3. The van der Waals surface area contributed by atoms with Gasteiger partial charge in [-0.2, -0.15) is 0 Å². The molecule has 2 aromatic carbocycles. The van der Waals surface area contributed by atoms with Crippen LogP contribution in [0, 0.1) is 0 Å². The number of nitrogens with one attached hydrogen (secondary N) is 3. The van der Waals surface area contributed by atoms with Gasteiger partial charge in [0.15, 0.2) is 0 Å². The van der Waals surface area contributed by atoms with E-state index < -0.39 is 6.03 Å². The number of rotatable bonds is 5. The molecule has 5 N–H and O–H groups in total. The van der Waals surface area contributed by atoms with Crippen LogP contribution >= 0.6 is 11.3 Å². The minimum atomic E-state index is -0.611. The molecule has 0 fully saturated rings. The molecule has 0 bridgehead atoms. The van der Waals surface area contributed by atoms with Crippen molar-refractivity contribution in [2.75, 3.05) is 17.7 Å². The fraction of sp³-hybridized carbons (Fsp3) is 0.0500. The Labute approximate surface area is 159 Å². The SMILES string of the molecule is C=Cc1c[nH]c2c1ccc1sc(Nc3cc(NC(N)=O)ccc3OC)cc12. The fourth-order valence-corrected chi connectivity index (χ4v) is 4.11. The van der Waals surface area contributed by atoms with Gasteiger partial charge in [-0.25, -0.2) is 4.79 Å². The number of aromatic amines is 1. The second-order valence-corrected chi connectivity index (χ2v) is 7.07. The van der Waals surface area contributed by atoms with Gasteiger partial charge in [0.1, 0.15) is 5.75 Å². The number of amides is 2. The van der Waals surface area contributed by atoms with E-state index in [1.807, 2.05) is 12.3 Å². The predicted octanol–water partition coefficient (Wildman–Crippen LogP) is 5.27. The summed E-state index contributed by atoms with van der Waals surface area (Å²) in [5.74, 6) is 0.668. The molecule has 0 atom stereocenters. The van der Waals surface area contributed by atoms with E-state index >= 15 is 0 Å².